The normalized spacial score (nSPS) is 20.1. The van der Waals surface area contributed by atoms with Crippen LogP contribution in [0.25, 0.3) is 11.8 Å². The largest absolute Gasteiger partial charge is 0.495 e. The van der Waals surface area contributed by atoms with Gasteiger partial charge in [0.2, 0.25) is 5.72 Å². The van der Waals surface area contributed by atoms with Gasteiger partial charge in [-0.1, -0.05) is 41.0 Å². The van der Waals surface area contributed by atoms with Crippen LogP contribution in [0.1, 0.15) is 29.7 Å². The van der Waals surface area contributed by atoms with Crippen LogP contribution in [0.2, 0.25) is 5.02 Å². The van der Waals surface area contributed by atoms with Gasteiger partial charge in [0.15, 0.2) is 5.84 Å². The molecule has 1 atom stereocenters. The van der Waals surface area contributed by atoms with Gasteiger partial charge in [0, 0.05) is 29.7 Å². The van der Waals surface area contributed by atoms with E-state index >= 15 is 0 Å². The highest BCUT2D eigenvalue weighted by Crippen LogP contribution is 2.44. The van der Waals surface area contributed by atoms with Crippen LogP contribution in [0.5, 0.6) is 5.75 Å². The second-order valence-electron chi connectivity index (χ2n) is 7.78. The number of imidazole rings is 1. The van der Waals surface area contributed by atoms with E-state index in [-0.39, 0.29) is 0 Å². The zero-order chi connectivity index (χ0) is 21.4. The number of fused-ring (bicyclic) bond motifs is 1. The molecule has 0 saturated carbocycles. The average Bonchev–Trinajstić information content (AvgIpc) is 3.48. The standard InChI is InChI=1S/C24H23ClN4O2/c1-17-15-28(16-26-17)21-9-7-18(13-22(21)30-2)8-10-23-27-31-24(11-4-12-29(23)24)19-5-3-6-20(25)14-19/h3,5-10,13-16H,4,11-12H2,1-2H3. The number of rotatable bonds is 5. The smallest absolute Gasteiger partial charge is 0.237 e. The molecule has 1 fully saturated rings. The van der Waals surface area contributed by atoms with Gasteiger partial charge in [-0.15, -0.1) is 0 Å². The molecular weight excluding hydrogens is 412 g/mol. The Kier molecular flexibility index (Phi) is 4.94. The fourth-order valence-corrected chi connectivity index (χ4v) is 4.49. The molecule has 5 rings (SSSR count). The van der Waals surface area contributed by atoms with E-state index in [0.29, 0.717) is 5.02 Å². The Morgan fingerprint density at radius 2 is 2.10 bits per heavy atom. The topological polar surface area (TPSA) is 51.9 Å². The summed E-state index contributed by atoms with van der Waals surface area (Å²) in [5.74, 6) is 1.59. The lowest BCUT2D eigenvalue weighted by molar-refractivity contribution is -0.0847. The van der Waals surface area contributed by atoms with Crippen molar-refractivity contribution < 1.29 is 9.57 Å². The monoisotopic (exact) mass is 434 g/mol. The Hall–Kier alpha value is -3.25. The van der Waals surface area contributed by atoms with Crippen LogP contribution >= 0.6 is 11.6 Å². The summed E-state index contributed by atoms with van der Waals surface area (Å²) in [5.41, 5.74) is 3.39. The lowest BCUT2D eigenvalue weighted by Gasteiger charge is -2.30. The zero-order valence-electron chi connectivity index (χ0n) is 17.5. The molecule has 2 aliphatic rings. The molecule has 0 N–H and O–H groups in total. The summed E-state index contributed by atoms with van der Waals surface area (Å²) in [6.07, 6.45) is 9.69. The summed E-state index contributed by atoms with van der Waals surface area (Å²) in [6.45, 7) is 2.85. The van der Waals surface area contributed by atoms with Gasteiger partial charge in [-0.25, -0.2) is 4.98 Å². The third-order valence-corrected chi connectivity index (χ3v) is 6.03. The number of benzene rings is 2. The van der Waals surface area contributed by atoms with Crippen molar-refractivity contribution in [2.45, 2.75) is 25.5 Å². The second-order valence-corrected chi connectivity index (χ2v) is 8.21. The molecule has 6 nitrogen and oxygen atoms in total. The first-order chi connectivity index (χ1) is 15.1. The Morgan fingerprint density at radius 1 is 1.19 bits per heavy atom. The van der Waals surface area contributed by atoms with Crippen LogP contribution in [-0.2, 0) is 10.6 Å². The predicted molar refractivity (Wildman–Crippen MR) is 121 cm³/mol. The van der Waals surface area contributed by atoms with Crippen molar-refractivity contribution in [1.29, 1.82) is 0 Å². The summed E-state index contributed by atoms with van der Waals surface area (Å²) < 4.78 is 7.57. The lowest BCUT2D eigenvalue weighted by atomic mass is 10.00. The maximum absolute atomic E-state index is 6.23. The van der Waals surface area contributed by atoms with Gasteiger partial charge in [0.05, 0.1) is 24.8 Å². The Labute approximate surface area is 186 Å². The highest BCUT2D eigenvalue weighted by Gasteiger charge is 2.50. The van der Waals surface area contributed by atoms with Gasteiger partial charge in [-0.05, 0) is 49.2 Å². The fourth-order valence-electron chi connectivity index (χ4n) is 4.30. The van der Waals surface area contributed by atoms with E-state index in [0.717, 1.165) is 53.5 Å². The fraction of sp³-hybridized carbons (Fsp3) is 0.250. The molecule has 1 unspecified atom stereocenters. The summed E-state index contributed by atoms with van der Waals surface area (Å²) >= 11 is 6.23. The van der Waals surface area contributed by atoms with Crippen molar-refractivity contribution >= 4 is 23.5 Å². The highest BCUT2D eigenvalue weighted by atomic mass is 35.5. The number of halogens is 1. The maximum Gasteiger partial charge on any atom is 0.237 e. The molecule has 158 valence electrons. The van der Waals surface area contributed by atoms with Crippen molar-refractivity contribution in [3.63, 3.8) is 0 Å². The van der Waals surface area contributed by atoms with E-state index in [1.165, 1.54) is 0 Å². The molecule has 31 heavy (non-hydrogen) atoms. The minimum absolute atomic E-state index is 0.564. The Bertz CT molecular complexity index is 1190. The van der Waals surface area contributed by atoms with Crippen molar-refractivity contribution in [1.82, 2.24) is 14.5 Å². The van der Waals surface area contributed by atoms with Crippen molar-refractivity contribution in [3.8, 4) is 11.4 Å². The third-order valence-electron chi connectivity index (χ3n) is 5.79. The molecule has 0 radical (unpaired) electrons. The van der Waals surface area contributed by atoms with E-state index < -0.39 is 5.72 Å². The molecule has 1 saturated heterocycles. The lowest BCUT2D eigenvalue weighted by Crippen LogP contribution is -2.40. The van der Waals surface area contributed by atoms with Crippen LogP contribution in [0.15, 0.2) is 66.2 Å². The summed E-state index contributed by atoms with van der Waals surface area (Å²) in [4.78, 5) is 12.5. The second kappa shape index (κ2) is 7.78. The van der Waals surface area contributed by atoms with E-state index in [2.05, 4.69) is 15.0 Å². The number of hydrogen-bond donors (Lipinski definition) is 0. The van der Waals surface area contributed by atoms with Gasteiger partial charge in [-0.3, -0.25) is 0 Å². The molecule has 0 bridgehead atoms. The van der Waals surface area contributed by atoms with Crippen molar-refractivity contribution in [3.05, 3.63) is 82.9 Å². The van der Waals surface area contributed by atoms with Gasteiger partial charge in [0.25, 0.3) is 0 Å². The van der Waals surface area contributed by atoms with Gasteiger partial charge in [-0.2, -0.15) is 0 Å². The molecule has 2 aromatic carbocycles. The van der Waals surface area contributed by atoms with E-state index in [1.807, 2.05) is 72.3 Å². The maximum atomic E-state index is 6.23. The summed E-state index contributed by atoms with van der Waals surface area (Å²) in [7, 11) is 1.68. The first-order valence-corrected chi connectivity index (χ1v) is 10.6. The average molecular weight is 435 g/mol. The minimum Gasteiger partial charge on any atom is -0.495 e. The van der Waals surface area contributed by atoms with Gasteiger partial charge < -0.3 is 19.0 Å². The molecule has 1 aromatic heterocycles. The van der Waals surface area contributed by atoms with E-state index in [9.17, 15) is 0 Å². The SMILES string of the molecule is COc1cc(C=CC2=NOC3(c4cccc(Cl)c4)CCCN23)ccc1-n1cnc(C)c1. The number of aromatic nitrogens is 2. The Morgan fingerprint density at radius 3 is 2.87 bits per heavy atom. The number of ether oxygens (including phenoxy) is 1. The highest BCUT2D eigenvalue weighted by molar-refractivity contribution is 6.30. The number of hydrogen-bond acceptors (Lipinski definition) is 5. The number of methoxy groups -OCH3 is 1. The molecule has 2 aliphatic heterocycles. The van der Waals surface area contributed by atoms with Crippen LogP contribution < -0.4 is 4.74 Å². The van der Waals surface area contributed by atoms with E-state index in [1.54, 1.807) is 13.4 Å². The number of aryl methyl sites for hydroxylation is 1. The molecule has 3 heterocycles. The molecular formula is C24H23ClN4O2. The third kappa shape index (κ3) is 3.47. The van der Waals surface area contributed by atoms with Crippen molar-refractivity contribution in [2.24, 2.45) is 5.16 Å². The van der Waals surface area contributed by atoms with E-state index in [4.69, 9.17) is 21.2 Å². The molecule has 0 amide bonds. The molecule has 0 spiro atoms. The van der Waals surface area contributed by atoms with Gasteiger partial charge >= 0.3 is 0 Å². The predicted octanol–water partition coefficient (Wildman–Crippen LogP) is 5.15. The quantitative estimate of drug-likeness (QED) is 0.557. The Balaban J connectivity index is 1.40. The summed E-state index contributed by atoms with van der Waals surface area (Å²) in [5, 5.41) is 5.09. The van der Waals surface area contributed by atoms with Gasteiger partial charge in [0.1, 0.15) is 5.75 Å². The van der Waals surface area contributed by atoms with Crippen LogP contribution in [0.4, 0.5) is 0 Å². The molecule has 3 aromatic rings. The van der Waals surface area contributed by atoms with Crippen LogP contribution in [-0.4, -0.2) is 33.9 Å². The molecule has 0 aliphatic carbocycles. The van der Waals surface area contributed by atoms with Crippen LogP contribution in [0.3, 0.4) is 0 Å². The first-order valence-electron chi connectivity index (χ1n) is 10.3. The van der Waals surface area contributed by atoms with Crippen molar-refractivity contribution in [2.75, 3.05) is 13.7 Å². The number of nitrogens with zero attached hydrogens (tertiary/aromatic N) is 4. The minimum atomic E-state index is -0.564. The van der Waals surface area contributed by atoms with Crippen LogP contribution in [0, 0.1) is 6.92 Å². The molecule has 7 heteroatoms. The number of oxime groups is 1. The first kappa shape index (κ1) is 19.7. The zero-order valence-corrected chi connectivity index (χ0v) is 18.2. The number of amidine groups is 1. The summed E-state index contributed by atoms with van der Waals surface area (Å²) in [6, 6.07) is 13.9.